The molecule has 0 saturated carbocycles. The third-order valence-electron chi connectivity index (χ3n) is 5.12. The predicted molar refractivity (Wildman–Crippen MR) is 107 cm³/mol. The van der Waals surface area contributed by atoms with Gasteiger partial charge in [-0.25, -0.2) is 4.98 Å². The minimum atomic E-state index is -4.38. The maximum atomic E-state index is 13.0. The lowest BCUT2D eigenvalue weighted by molar-refractivity contribution is -0.137. The molecule has 0 bridgehead atoms. The predicted octanol–water partition coefficient (Wildman–Crippen LogP) is 4.50. The fourth-order valence-electron chi connectivity index (χ4n) is 3.62. The molecule has 5 nitrogen and oxygen atoms in total. The van der Waals surface area contributed by atoms with Crippen LogP contribution in [0, 0.1) is 5.92 Å². The van der Waals surface area contributed by atoms with Gasteiger partial charge in [0.25, 0.3) is 0 Å². The second-order valence-electron chi connectivity index (χ2n) is 8.18. The Hall–Kier alpha value is -2.35. The number of aromatic nitrogens is 2. The average Bonchev–Trinajstić information content (AvgIpc) is 3.32. The summed E-state index contributed by atoms with van der Waals surface area (Å²) in [7, 11) is 0. The van der Waals surface area contributed by atoms with Gasteiger partial charge in [-0.1, -0.05) is 26.0 Å². The van der Waals surface area contributed by atoms with Crippen molar-refractivity contribution in [2.75, 3.05) is 13.2 Å². The van der Waals surface area contributed by atoms with E-state index < -0.39 is 11.7 Å². The number of ether oxygens (including phenoxy) is 1. The van der Waals surface area contributed by atoms with E-state index in [0.29, 0.717) is 37.5 Å². The Bertz CT molecular complexity index is 842. The molecule has 30 heavy (non-hydrogen) atoms. The van der Waals surface area contributed by atoms with Crippen molar-refractivity contribution in [2.45, 2.75) is 58.5 Å². The fourth-order valence-corrected chi connectivity index (χ4v) is 3.62. The first-order chi connectivity index (χ1) is 14.2. The highest BCUT2D eigenvalue weighted by Gasteiger charge is 2.30. The Morgan fingerprint density at radius 1 is 1.37 bits per heavy atom. The molecule has 0 aliphatic carbocycles. The van der Waals surface area contributed by atoms with Gasteiger partial charge in [-0.05, 0) is 36.5 Å². The number of halogens is 3. The molecule has 8 heteroatoms. The van der Waals surface area contributed by atoms with Gasteiger partial charge in [-0.2, -0.15) is 13.2 Å². The molecule has 2 heterocycles. The van der Waals surface area contributed by atoms with Crippen LogP contribution in [0.1, 0.15) is 50.1 Å². The van der Waals surface area contributed by atoms with Crippen molar-refractivity contribution in [3.63, 3.8) is 0 Å². The van der Waals surface area contributed by atoms with E-state index in [0.717, 1.165) is 25.0 Å². The van der Waals surface area contributed by atoms with Crippen molar-refractivity contribution in [2.24, 2.45) is 5.92 Å². The molecule has 1 aromatic carbocycles. The van der Waals surface area contributed by atoms with Crippen LogP contribution >= 0.6 is 0 Å². The fraction of sp³-hybridized carbons (Fsp3) is 0.545. The van der Waals surface area contributed by atoms with Gasteiger partial charge in [0.1, 0.15) is 5.82 Å². The Morgan fingerprint density at radius 3 is 2.83 bits per heavy atom. The van der Waals surface area contributed by atoms with E-state index in [2.05, 4.69) is 4.98 Å². The van der Waals surface area contributed by atoms with Crippen molar-refractivity contribution in [1.29, 1.82) is 0 Å². The van der Waals surface area contributed by atoms with Crippen molar-refractivity contribution in [3.05, 3.63) is 53.6 Å². The molecule has 1 aliphatic heterocycles. The second kappa shape index (κ2) is 9.64. The van der Waals surface area contributed by atoms with Gasteiger partial charge in [0, 0.05) is 38.5 Å². The van der Waals surface area contributed by atoms with Crippen LogP contribution in [0.2, 0.25) is 0 Å². The zero-order valence-electron chi connectivity index (χ0n) is 17.4. The summed E-state index contributed by atoms with van der Waals surface area (Å²) in [5.74, 6) is 0.908. The number of rotatable bonds is 8. The molecular formula is C22H28F3N3O2. The molecule has 1 unspecified atom stereocenters. The van der Waals surface area contributed by atoms with E-state index in [9.17, 15) is 18.0 Å². The van der Waals surface area contributed by atoms with Gasteiger partial charge in [0.05, 0.1) is 18.2 Å². The largest absolute Gasteiger partial charge is 0.416 e. The number of nitrogens with zero attached hydrogens (tertiary/aromatic N) is 3. The molecule has 2 aromatic rings. The molecule has 1 fully saturated rings. The monoisotopic (exact) mass is 423 g/mol. The van der Waals surface area contributed by atoms with Crippen LogP contribution in [0.3, 0.4) is 0 Å². The maximum absolute atomic E-state index is 13.0. The number of amides is 1. The Labute approximate surface area is 174 Å². The molecule has 0 N–H and O–H groups in total. The summed E-state index contributed by atoms with van der Waals surface area (Å²) in [5.41, 5.74) is -0.142. The lowest BCUT2D eigenvalue weighted by Gasteiger charge is -2.26. The minimum absolute atomic E-state index is 0.0213. The van der Waals surface area contributed by atoms with Crippen molar-refractivity contribution in [3.8, 4) is 0 Å². The summed E-state index contributed by atoms with van der Waals surface area (Å²) in [6.45, 7) is 5.76. The highest BCUT2D eigenvalue weighted by molar-refractivity contribution is 5.76. The van der Waals surface area contributed by atoms with E-state index in [1.54, 1.807) is 27.9 Å². The molecule has 1 amide bonds. The van der Waals surface area contributed by atoms with Crippen LogP contribution in [0.4, 0.5) is 13.2 Å². The molecule has 0 radical (unpaired) electrons. The quantitative estimate of drug-likeness (QED) is 0.628. The number of alkyl halides is 3. The van der Waals surface area contributed by atoms with Crippen LogP contribution in [0.25, 0.3) is 0 Å². The maximum Gasteiger partial charge on any atom is 0.416 e. The minimum Gasteiger partial charge on any atom is -0.376 e. The standard InChI is InChI=1S/C22H28F3N3O2/c1-16(2)11-21(29)28(14-19-7-4-10-30-19)15-20-26-8-9-27(20)13-17-5-3-6-18(12-17)22(23,24)25/h3,5-6,8-9,12,16,19H,4,7,10-11,13-15H2,1-2H3. The summed E-state index contributed by atoms with van der Waals surface area (Å²) >= 11 is 0. The summed E-state index contributed by atoms with van der Waals surface area (Å²) < 4.78 is 46.5. The van der Waals surface area contributed by atoms with Crippen LogP contribution in [-0.2, 0) is 28.8 Å². The first kappa shape index (κ1) is 22.3. The van der Waals surface area contributed by atoms with E-state index in [1.165, 1.54) is 6.07 Å². The number of imidazole rings is 1. The van der Waals surface area contributed by atoms with Gasteiger partial charge in [0.15, 0.2) is 0 Å². The average molecular weight is 423 g/mol. The van der Waals surface area contributed by atoms with Gasteiger partial charge >= 0.3 is 6.18 Å². The molecule has 0 spiro atoms. The number of carbonyl (C=O) groups is 1. The Kier molecular flexibility index (Phi) is 7.18. The highest BCUT2D eigenvalue weighted by atomic mass is 19.4. The van der Waals surface area contributed by atoms with E-state index in [4.69, 9.17) is 4.74 Å². The van der Waals surface area contributed by atoms with E-state index in [1.807, 2.05) is 13.8 Å². The van der Waals surface area contributed by atoms with Gasteiger partial charge < -0.3 is 14.2 Å². The Balaban J connectivity index is 1.75. The van der Waals surface area contributed by atoms with Gasteiger partial charge in [0.2, 0.25) is 5.91 Å². The molecule has 3 rings (SSSR count). The van der Waals surface area contributed by atoms with Crippen molar-refractivity contribution >= 4 is 5.91 Å². The molecule has 1 aliphatic rings. The summed E-state index contributed by atoms with van der Waals surface area (Å²) in [4.78, 5) is 18.9. The second-order valence-corrected chi connectivity index (χ2v) is 8.18. The van der Waals surface area contributed by atoms with Crippen LogP contribution in [0.5, 0.6) is 0 Å². The SMILES string of the molecule is CC(C)CC(=O)N(Cc1nccn1Cc1cccc(C(F)(F)F)c1)CC1CCCO1. The first-order valence-electron chi connectivity index (χ1n) is 10.3. The van der Waals surface area contributed by atoms with E-state index >= 15 is 0 Å². The van der Waals surface area contributed by atoms with Crippen LogP contribution in [-0.4, -0.2) is 39.6 Å². The van der Waals surface area contributed by atoms with Gasteiger partial charge in [-0.3, -0.25) is 4.79 Å². The summed E-state index contributed by atoms with van der Waals surface area (Å²) in [6.07, 6.45) is 1.32. The molecule has 164 valence electrons. The lowest BCUT2D eigenvalue weighted by Crippen LogP contribution is -2.38. The number of hydrogen-bond donors (Lipinski definition) is 0. The molecular weight excluding hydrogens is 395 g/mol. The molecule has 1 atom stereocenters. The van der Waals surface area contributed by atoms with Crippen molar-refractivity contribution < 1.29 is 22.7 Å². The third kappa shape index (κ3) is 6.08. The zero-order valence-corrected chi connectivity index (χ0v) is 17.4. The van der Waals surface area contributed by atoms with E-state index in [-0.39, 0.29) is 24.5 Å². The zero-order chi connectivity index (χ0) is 21.7. The number of carbonyl (C=O) groups excluding carboxylic acids is 1. The van der Waals surface area contributed by atoms with Crippen LogP contribution < -0.4 is 0 Å². The Morgan fingerprint density at radius 2 is 2.17 bits per heavy atom. The highest BCUT2D eigenvalue weighted by Crippen LogP contribution is 2.29. The lowest BCUT2D eigenvalue weighted by atomic mass is 10.1. The summed E-state index contributed by atoms with van der Waals surface area (Å²) in [6, 6.07) is 5.28. The van der Waals surface area contributed by atoms with Crippen LogP contribution in [0.15, 0.2) is 36.7 Å². The normalized spacial score (nSPS) is 16.9. The molecule has 1 saturated heterocycles. The third-order valence-corrected chi connectivity index (χ3v) is 5.12. The first-order valence-corrected chi connectivity index (χ1v) is 10.3. The molecule has 1 aromatic heterocycles. The smallest absolute Gasteiger partial charge is 0.376 e. The summed E-state index contributed by atoms with van der Waals surface area (Å²) in [5, 5.41) is 0. The van der Waals surface area contributed by atoms with Gasteiger partial charge in [-0.15, -0.1) is 0 Å². The number of benzene rings is 1. The van der Waals surface area contributed by atoms with Crippen molar-refractivity contribution in [1.82, 2.24) is 14.5 Å². The number of hydrogen-bond acceptors (Lipinski definition) is 3. The topological polar surface area (TPSA) is 47.4 Å².